The van der Waals surface area contributed by atoms with Gasteiger partial charge in [0.2, 0.25) is 0 Å². The second-order valence-electron chi connectivity index (χ2n) is 6.51. The highest BCUT2D eigenvalue weighted by Crippen LogP contribution is 2.26. The number of imide groups is 2. The number of anilines is 1. The summed E-state index contributed by atoms with van der Waals surface area (Å²) in [5, 5.41) is 3.17. The SMILES string of the molecule is Cc1ccc(N2C(=O)NC(=O)/C(=C\c3cn(C)c4ccccc34)C2=O)cc1. The van der Waals surface area contributed by atoms with Crippen LogP contribution in [0.3, 0.4) is 0 Å². The van der Waals surface area contributed by atoms with Crippen molar-refractivity contribution in [1.29, 1.82) is 0 Å². The van der Waals surface area contributed by atoms with Gasteiger partial charge >= 0.3 is 6.03 Å². The highest BCUT2D eigenvalue weighted by atomic mass is 16.2. The normalized spacial score (nSPS) is 16.3. The van der Waals surface area contributed by atoms with Gasteiger partial charge in [0.15, 0.2) is 0 Å². The Labute approximate surface area is 155 Å². The van der Waals surface area contributed by atoms with Gasteiger partial charge in [0.05, 0.1) is 5.69 Å². The maximum absolute atomic E-state index is 12.9. The van der Waals surface area contributed by atoms with Crippen LogP contribution < -0.4 is 10.2 Å². The van der Waals surface area contributed by atoms with Crippen LogP contribution >= 0.6 is 0 Å². The minimum absolute atomic E-state index is 0.0773. The summed E-state index contributed by atoms with van der Waals surface area (Å²) in [4.78, 5) is 38.5. The highest BCUT2D eigenvalue weighted by Gasteiger charge is 2.36. The monoisotopic (exact) mass is 359 g/mol. The zero-order valence-corrected chi connectivity index (χ0v) is 14.9. The van der Waals surface area contributed by atoms with E-state index < -0.39 is 17.8 Å². The van der Waals surface area contributed by atoms with Gasteiger partial charge in [-0.05, 0) is 31.2 Å². The van der Waals surface area contributed by atoms with Gasteiger partial charge in [-0.3, -0.25) is 14.9 Å². The first-order valence-electron chi connectivity index (χ1n) is 8.48. The molecule has 0 atom stereocenters. The highest BCUT2D eigenvalue weighted by molar-refractivity contribution is 6.39. The molecule has 2 aromatic carbocycles. The van der Waals surface area contributed by atoms with E-state index in [-0.39, 0.29) is 5.57 Å². The maximum Gasteiger partial charge on any atom is 0.335 e. The molecule has 134 valence electrons. The minimum atomic E-state index is -0.746. The predicted octanol–water partition coefficient (Wildman–Crippen LogP) is 3.15. The van der Waals surface area contributed by atoms with Crippen molar-refractivity contribution in [3.8, 4) is 0 Å². The summed E-state index contributed by atoms with van der Waals surface area (Å²) >= 11 is 0. The average Bonchev–Trinajstić information content (AvgIpc) is 2.96. The Bertz CT molecular complexity index is 1120. The van der Waals surface area contributed by atoms with Crippen LogP contribution in [-0.4, -0.2) is 22.4 Å². The van der Waals surface area contributed by atoms with E-state index in [1.54, 1.807) is 24.3 Å². The number of hydrogen-bond acceptors (Lipinski definition) is 3. The summed E-state index contributed by atoms with van der Waals surface area (Å²) < 4.78 is 1.93. The molecule has 2 heterocycles. The number of benzene rings is 2. The van der Waals surface area contributed by atoms with Crippen LogP contribution in [-0.2, 0) is 16.6 Å². The summed E-state index contributed by atoms with van der Waals surface area (Å²) in [7, 11) is 1.90. The number of fused-ring (bicyclic) bond motifs is 1. The molecule has 3 aromatic rings. The standard InChI is InChI=1S/C21H17N3O3/c1-13-7-9-15(10-8-13)24-20(26)17(19(25)22-21(24)27)11-14-12-23(2)18-6-4-3-5-16(14)18/h3-12H,1-2H3,(H,22,25,27)/b17-11+. The Morgan fingerprint density at radius 3 is 2.41 bits per heavy atom. The van der Waals surface area contributed by atoms with Gasteiger partial charge in [0.1, 0.15) is 5.57 Å². The number of amides is 4. The molecule has 1 N–H and O–H groups in total. The van der Waals surface area contributed by atoms with Gasteiger partial charge in [-0.15, -0.1) is 0 Å². The van der Waals surface area contributed by atoms with Crippen molar-refractivity contribution in [3.05, 3.63) is 71.4 Å². The van der Waals surface area contributed by atoms with Crippen LogP contribution in [0.1, 0.15) is 11.1 Å². The molecule has 0 radical (unpaired) electrons. The lowest BCUT2D eigenvalue weighted by Crippen LogP contribution is -2.54. The lowest BCUT2D eigenvalue weighted by Gasteiger charge is -2.26. The Kier molecular flexibility index (Phi) is 3.88. The van der Waals surface area contributed by atoms with Crippen LogP contribution in [0.4, 0.5) is 10.5 Å². The Hall–Kier alpha value is -3.67. The van der Waals surface area contributed by atoms with E-state index in [1.165, 1.54) is 6.08 Å². The van der Waals surface area contributed by atoms with Crippen molar-refractivity contribution >= 4 is 40.5 Å². The molecule has 0 unspecified atom stereocenters. The fraction of sp³-hybridized carbons (Fsp3) is 0.0952. The lowest BCUT2D eigenvalue weighted by molar-refractivity contribution is -0.122. The molecule has 27 heavy (non-hydrogen) atoms. The van der Waals surface area contributed by atoms with Gasteiger partial charge < -0.3 is 4.57 Å². The first kappa shape index (κ1) is 16.8. The smallest absolute Gasteiger partial charge is 0.335 e. The second kappa shape index (κ2) is 6.25. The van der Waals surface area contributed by atoms with E-state index >= 15 is 0 Å². The number of rotatable bonds is 2. The molecule has 0 bridgehead atoms. The number of nitrogens with one attached hydrogen (secondary N) is 1. The molecule has 0 saturated carbocycles. The van der Waals surface area contributed by atoms with Crippen LogP contribution in [0.15, 0.2) is 60.3 Å². The van der Waals surface area contributed by atoms with Gasteiger partial charge in [0.25, 0.3) is 11.8 Å². The molecule has 6 nitrogen and oxygen atoms in total. The molecule has 1 aromatic heterocycles. The third-order valence-electron chi connectivity index (χ3n) is 4.62. The molecule has 1 saturated heterocycles. The topological polar surface area (TPSA) is 71.4 Å². The number of aromatic nitrogens is 1. The predicted molar refractivity (Wildman–Crippen MR) is 103 cm³/mol. The molecule has 4 rings (SSSR count). The number of urea groups is 1. The van der Waals surface area contributed by atoms with Crippen LogP contribution in [0.25, 0.3) is 17.0 Å². The third-order valence-corrected chi connectivity index (χ3v) is 4.62. The van der Waals surface area contributed by atoms with Crippen molar-refractivity contribution in [2.45, 2.75) is 6.92 Å². The molecule has 1 aliphatic heterocycles. The summed E-state index contributed by atoms with van der Waals surface area (Å²) in [5.41, 5.74) is 3.07. The summed E-state index contributed by atoms with van der Waals surface area (Å²) in [6, 6.07) is 13.9. The zero-order valence-electron chi connectivity index (χ0n) is 14.9. The Morgan fingerprint density at radius 1 is 0.963 bits per heavy atom. The number of hydrogen-bond donors (Lipinski definition) is 1. The van der Waals surface area contributed by atoms with Crippen molar-refractivity contribution in [3.63, 3.8) is 0 Å². The average molecular weight is 359 g/mol. The fourth-order valence-electron chi connectivity index (χ4n) is 3.23. The molecular formula is C21H17N3O3. The maximum atomic E-state index is 12.9. The van der Waals surface area contributed by atoms with E-state index in [0.29, 0.717) is 5.69 Å². The molecule has 1 aliphatic rings. The molecule has 0 spiro atoms. The van der Waals surface area contributed by atoms with E-state index in [2.05, 4.69) is 5.32 Å². The van der Waals surface area contributed by atoms with E-state index in [1.807, 2.05) is 49.0 Å². The molecule has 6 heteroatoms. The number of barbiturate groups is 1. The second-order valence-corrected chi connectivity index (χ2v) is 6.51. The van der Waals surface area contributed by atoms with Crippen LogP contribution in [0.2, 0.25) is 0 Å². The minimum Gasteiger partial charge on any atom is -0.350 e. The number of aryl methyl sites for hydroxylation is 2. The van der Waals surface area contributed by atoms with Crippen molar-refractivity contribution in [2.24, 2.45) is 7.05 Å². The van der Waals surface area contributed by atoms with Gasteiger partial charge in [-0.2, -0.15) is 0 Å². The summed E-state index contributed by atoms with van der Waals surface area (Å²) in [6.45, 7) is 1.91. The number of para-hydroxylation sites is 1. The molecule has 1 fully saturated rings. The van der Waals surface area contributed by atoms with Gasteiger partial charge in [-0.1, -0.05) is 35.9 Å². The molecule has 0 aliphatic carbocycles. The van der Waals surface area contributed by atoms with E-state index in [4.69, 9.17) is 0 Å². The quantitative estimate of drug-likeness (QED) is 0.564. The van der Waals surface area contributed by atoms with Gasteiger partial charge in [0, 0.05) is 29.7 Å². The Balaban J connectivity index is 1.80. The Morgan fingerprint density at radius 2 is 1.67 bits per heavy atom. The van der Waals surface area contributed by atoms with E-state index in [9.17, 15) is 14.4 Å². The number of nitrogens with zero attached hydrogens (tertiary/aromatic N) is 2. The van der Waals surface area contributed by atoms with Crippen LogP contribution in [0.5, 0.6) is 0 Å². The molecule has 4 amide bonds. The lowest BCUT2D eigenvalue weighted by atomic mass is 10.1. The third kappa shape index (κ3) is 2.81. The summed E-state index contributed by atoms with van der Waals surface area (Å²) in [6.07, 6.45) is 3.39. The largest absolute Gasteiger partial charge is 0.350 e. The zero-order chi connectivity index (χ0) is 19.1. The van der Waals surface area contributed by atoms with Crippen molar-refractivity contribution < 1.29 is 14.4 Å². The number of carbonyl (C=O) groups is 3. The van der Waals surface area contributed by atoms with Crippen molar-refractivity contribution in [2.75, 3.05) is 4.90 Å². The number of carbonyl (C=O) groups excluding carboxylic acids is 3. The first-order valence-corrected chi connectivity index (χ1v) is 8.48. The van der Waals surface area contributed by atoms with E-state index in [0.717, 1.165) is 26.9 Å². The van der Waals surface area contributed by atoms with Crippen molar-refractivity contribution in [1.82, 2.24) is 9.88 Å². The molecular weight excluding hydrogens is 342 g/mol. The summed E-state index contributed by atoms with van der Waals surface area (Å²) in [5.74, 6) is -1.33. The van der Waals surface area contributed by atoms with Gasteiger partial charge in [-0.25, -0.2) is 9.69 Å². The fourth-order valence-corrected chi connectivity index (χ4v) is 3.23. The first-order chi connectivity index (χ1) is 13.0. The van der Waals surface area contributed by atoms with Crippen LogP contribution in [0, 0.1) is 6.92 Å².